The zero-order valence-corrected chi connectivity index (χ0v) is 16.8. The van der Waals surface area contributed by atoms with Crippen molar-refractivity contribution >= 4 is 17.2 Å². The second-order valence-electron chi connectivity index (χ2n) is 6.94. The van der Waals surface area contributed by atoms with Gasteiger partial charge in [0, 0.05) is 25.2 Å². The first-order valence-electron chi connectivity index (χ1n) is 9.38. The van der Waals surface area contributed by atoms with Gasteiger partial charge in [-0.25, -0.2) is 9.97 Å². The van der Waals surface area contributed by atoms with Gasteiger partial charge in [-0.15, -0.1) is 11.3 Å². The van der Waals surface area contributed by atoms with Crippen molar-refractivity contribution in [3.63, 3.8) is 0 Å². The first-order valence-corrected chi connectivity index (χ1v) is 10.2. The highest BCUT2D eigenvalue weighted by Gasteiger charge is 2.28. The summed E-state index contributed by atoms with van der Waals surface area (Å²) in [6.07, 6.45) is 5.32. The molecule has 3 heterocycles. The number of benzene rings is 1. The minimum Gasteiger partial charge on any atom is -0.437 e. The Labute approximate surface area is 168 Å². The normalized spacial score (nSPS) is 16.8. The molecule has 3 aromatic rings. The van der Waals surface area contributed by atoms with Crippen LogP contribution < -0.4 is 4.74 Å². The topological polar surface area (TPSA) is 68.2 Å². The number of para-hydroxylation sites is 1. The number of amides is 1. The highest BCUT2D eigenvalue weighted by Crippen LogP contribution is 2.29. The summed E-state index contributed by atoms with van der Waals surface area (Å²) in [6, 6.07) is 9.54. The molecule has 4 rings (SSSR count). The zero-order valence-electron chi connectivity index (χ0n) is 16.0. The number of carbonyl (C=O) groups is 1. The van der Waals surface area contributed by atoms with Crippen LogP contribution in [-0.4, -0.2) is 38.8 Å². The summed E-state index contributed by atoms with van der Waals surface area (Å²) < 4.78 is 5.81. The number of rotatable bonds is 4. The first-order chi connectivity index (χ1) is 13.6. The predicted octanol–water partition coefficient (Wildman–Crippen LogP) is 4.36. The van der Waals surface area contributed by atoms with Crippen LogP contribution in [0.15, 0.2) is 42.7 Å². The number of hydrogen-bond donors (Lipinski definition) is 0. The Kier molecular flexibility index (Phi) is 5.34. The Bertz CT molecular complexity index is 974. The lowest BCUT2D eigenvalue weighted by Crippen LogP contribution is -2.39. The van der Waals surface area contributed by atoms with E-state index in [1.807, 2.05) is 49.1 Å². The molecule has 0 bridgehead atoms. The summed E-state index contributed by atoms with van der Waals surface area (Å²) in [6.45, 7) is 5.23. The van der Waals surface area contributed by atoms with Crippen LogP contribution in [0.25, 0.3) is 0 Å². The number of hydrogen-bond acceptors (Lipinski definition) is 6. The van der Waals surface area contributed by atoms with Crippen molar-refractivity contribution in [3.8, 4) is 11.6 Å². The minimum atomic E-state index is 0.0671. The third-order valence-corrected chi connectivity index (χ3v) is 5.88. The van der Waals surface area contributed by atoms with Gasteiger partial charge in [0.1, 0.15) is 10.6 Å². The van der Waals surface area contributed by atoms with Crippen LogP contribution in [0.1, 0.15) is 44.8 Å². The number of nitrogens with zero attached hydrogens (tertiary/aromatic N) is 4. The van der Waals surface area contributed by atoms with E-state index < -0.39 is 0 Å². The van der Waals surface area contributed by atoms with Gasteiger partial charge in [-0.3, -0.25) is 9.78 Å². The van der Waals surface area contributed by atoms with E-state index in [1.165, 1.54) is 11.3 Å². The third kappa shape index (κ3) is 4.04. The molecule has 0 N–H and O–H groups in total. The lowest BCUT2D eigenvalue weighted by molar-refractivity contribution is 0.0709. The van der Waals surface area contributed by atoms with E-state index >= 15 is 0 Å². The molecule has 2 aromatic heterocycles. The molecule has 1 unspecified atom stereocenters. The summed E-state index contributed by atoms with van der Waals surface area (Å²) >= 11 is 1.47. The molecule has 1 fully saturated rings. The third-order valence-electron chi connectivity index (χ3n) is 4.82. The van der Waals surface area contributed by atoms with Gasteiger partial charge in [-0.1, -0.05) is 18.2 Å². The van der Waals surface area contributed by atoms with Crippen LogP contribution >= 0.6 is 11.3 Å². The molecule has 0 spiro atoms. The van der Waals surface area contributed by atoms with Gasteiger partial charge < -0.3 is 9.64 Å². The number of ether oxygens (including phenoxy) is 1. The van der Waals surface area contributed by atoms with Gasteiger partial charge in [-0.05, 0) is 38.8 Å². The molecule has 1 saturated heterocycles. The van der Waals surface area contributed by atoms with E-state index in [0.717, 1.165) is 46.4 Å². The number of carbonyl (C=O) groups excluding carboxylic acids is 1. The molecule has 0 radical (unpaired) electrons. The van der Waals surface area contributed by atoms with E-state index in [0.29, 0.717) is 12.4 Å². The molecular weight excluding hydrogens is 372 g/mol. The highest BCUT2D eigenvalue weighted by atomic mass is 32.1. The van der Waals surface area contributed by atoms with Crippen molar-refractivity contribution in [1.29, 1.82) is 0 Å². The highest BCUT2D eigenvalue weighted by molar-refractivity contribution is 7.13. The molecule has 1 atom stereocenters. The average molecular weight is 395 g/mol. The monoisotopic (exact) mass is 394 g/mol. The zero-order chi connectivity index (χ0) is 19.5. The Hall–Kier alpha value is -2.80. The van der Waals surface area contributed by atoms with E-state index in [2.05, 4.69) is 15.0 Å². The Morgan fingerprint density at radius 2 is 2.00 bits per heavy atom. The standard InChI is InChI=1S/C21H22N4O2S/c1-14-20(28-15(2)23-14)21(26)25-10-6-7-16(13-25)18-11-22-12-19(24-18)27-17-8-4-3-5-9-17/h3-5,8-9,11-12,16H,6-7,10,13H2,1-2H3. The molecule has 1 aliphatic rings. The van der Waals surface area contributed by atoms with Crippen molar-refractivity contribution in [2.75, 3.05) is 13.1 Å². The molecule has 7 heteroatoms. The second-order valence-corrected chi connectivity index (χ2v) is 8.14. The van der Waals surface area contributed by atoms with E-state index in [-0.39, 0.29) is 11.8 Å². The molecular formula is C21H22N4O2S. The summed E-state index contributed by atoms with van der Waals surface area (Å²) in [7, 11) is 0. The maximum Gasteiger partial charge on any atom is 0.265 e. The summed E-state index contributed by atoms with van der Waals surface area (Å²) in [5.74, 6) is 1.42. The molecule has 0 aliphatic carbocycles. The number of piperidine rings is 1. The van der Waals surface area contributed by atoms with Crippen LogP contribution in [0.2, 0.25) is 0 Å². The molecule has 144 valence electrons. The number of aryl methyl sites for hydroxylation is 2. The fraction of sp³-hybridized carbons (Fsp3) is 0.333. The van der Waals surface area contributed by atoms with Crippen LogP contribution in [0.4, 0.5) is 0 Å². The quantitative estimate of drug-likeness (QED) is 0.658. The summed E-state index contributed by atoms with van der Waals surface area (Å²) in [4.78, 5) is 29.0. The number of aromatic nitrogens is 3. The first kappa shape index (κ1) is 18.6. The molecule has 28 heavy (non-hydrogen) atoms. The molecule has 0 saturated carbocycles. The number of likely N-dealkylation sites (tertiary alicyclic amines) is 1. The fourth-order valence-corrected chi connectivity index (χ4v) is 4.38. The largest absolute Gasteiger partial charge is 0.437 e. The van der Waals surface area contributed by atoms with Crippen molar-refractivity contribution < 1.29 is 9.53 Å². The van der Waals surface area contributed by atoms with Crippen LogP contribution in [-0.2, 0) is 0 Å². The van der Waals surface area contributed by atoms with E-state index in [4.69, 9.17) is 4.74 Å². The maximum absolute atomic E-state index is 13.0. The van der Waals surface area contributed by atoms with Gasteiger partial charge in [0.2, 0.25) is 5.88 Å². The van der Waals surface area contributed by atoms with Crippen molar-refractivity contribution in [3.05, 3.63) is 64.0 Å². The summed E-state index contributed by atoms with van der Waals surface area (Å²) in [5, 5.41) is 0.922. The van der Waals surface area contributed by atoms with Gasteiger partial charge in [0.25, 0.3) is 5.91 Å². The second kappa shape index (κ2) is 8.06. The minimum absolute atomic E-state index is 0.0671. The van der Waals surface area contributed by atoms with Crippen molar-refractivity contribution in [2.45, 2.75) is 32.6 Å². The van der Waals surface area contributed by atoms with Crippen molar-refractivity contribution in [2.24, 2.45) is 0 Å². The van der Waals surface area contributed by atoms with Crippen LogP contribution in [0.5, 0.6) is 11.6 Å². The smallest absolute Gasteiger partial charge is 0.265 e. The van der Waals surface area contributed by atoms with Gasteiger partial charge in [0.05, 0.1) is 22.6 Å². The molecule has 1 amide bonds. The van der Waals surface area contributed by atoms with Crippen LogP contribution in [0.3, 0.4) is 0 Å². The Morgan fingerprint density at radius 3 is 2.75 bits per heavy atom. The maximum atomic E-state index is 13.0. The number of thiazole rings is 1. The fourth-order valence-electron chi connectivity index (χ4n) is 3.49. The van der Waals surface area contributed by atoms with Gasteiger partial charge in [0.15, 0.2) is 0 Å². The van der Waals surface area contributed by atoms with Gasteiger partial charge in [-0.2, -0.15) is 0 Å². The lowest BCUT2D eigenvalue weighted by atomic mass is 9.95. The Balaban J connectivity index is 1.49. The SMILES string of the molecule is Cc1nc(C)c(C(=O)N2CCCC(c3cncc(Oc4ccccc4)n3)C2)s1. The van der Waals surface area contributed by atoms with Crippen LogP contribution in [0, 0.1) is 13.8 Å². The lowest BCUT2D eigenvalue weighted by Gasteiger charge is -2.32. The average Bonchev–Trinajstić information content (AvgIpc) is 3.06. The Morgan fingerprint density at radius 1 is 1.18 bits per heavy atom. The van der Waals surface area contributed by atoms with Crippen molar-refractivity contribution in [1.82, 2.24) is 19.9 Å². The molecule has 6 nitrogen and oxygen atoms in total. The van der Waals surface area contributed by atoms with E-state index in [1.54, 1.807) is 12.4 Å². The van der Waals surface area contributed by atoms with E-state index in [9.17, 15) is 4.79 Å². The summed E-state index contributed by atoms with van der Waals surface area (Å²) in [5.41, 5.74) is 1.68. The molecule has 1 aromatic carbocycles. The predicted molar refractivity (Wildman–Crippen MR) is 108 cm³/mol. The van der Waals surface area contributed by atoms with Gasteiger partial charge >= 0.3 is 0 Å². The molecule has 1 aliphatic heterocycles.